The van der Waals surface area contributed by atoms with Crippen molar-refractivity contribution in [3.8, 4) is 11.3 Å². The van der Waals surface area contributed by atoms with Crippen LogP contribution in [0.3, 0.4) is 0 Å². The van der Waals surface area contributed by atoms with Crippen LogP contribution in [-0.2, 0) is 6.54 Å². The molecule has 2 aromatic heterocycles. The quantitative estimate of drug-likeness (QED) is 0.372. The van der Waals surface area contributed by atoms with E-state index in [4.69, 9.17) is 5.53 Å². The first-order chi connectivity index (χ1) is 9.81. The van der Waals surface area contributed by atoms with Crippen LogP contribution in [0, 0.1) is 6.92 Å². The summed E-state index contributed by atoms with van der Waals surface area (Å²) in [5.74, 6) is 0. The first-order valence-corrected chi connectivity index (χ1v) is 6.47. The van der Waals surface area contributed by atoms with E-state index >= 15 is 0 Å². The summed E-state index contributed by atoms with van der Waals surface area (Å²) in [5, 5.41) is 3.72. The van der Waals surface area contributed by atoms with Gasteiger partial charge in [-0.15, -0.1) is 0 Å². The lowest BCUT2D eigenvalue weighted by molar-refractivity contribution is 1.04. The van der Waals surface area contributed by atoms with E-state index < -0.39 is 0 Å². The van der Waals surface area contributed by atoms with E-state index in [0.717, 1.165) is 16.8 Å². The van der Waals surface area contributed by atoms with Gasteiger partial charge in [0.15, 0.2) is 0 Å². The summed E-state index contributed by atoms with van der Waals surface area (Å²) in [5.41, 5.74) is 14.2. The van der Waals surface area contributed by atoms with Gasteiger partial charge in [-0.3, -0.25) is 0 Å². The molecule has 0 radical (unpaired) electrons. The van der Waals surface area contributed by atoms with Gasteiger partial charge in [-0.2, -0.15) is 0 Å². The highest BCUT2D eigenvalue weighted by Gasteiger charge is 2.12. The first kappa shape index (κ1) is 12.3. The Kier molecular flexibility index (Phi) is 3.15. The fraction of sp³-hybridized carbons (Fsp3) is 0.125. The Hall–Kier alpha value is -2.71. The number of hydrogen-bond acceptors (Lipinski definition) is 1. The minimum absolute atomic E-state index is 0.363. The van der Waals surface area contributed by atoms with Gasteiger partial charge >= 0.3 is 0 Å². The fourth-order valence-corrected chi connectivity index (χ4v) is 2.55. The van der Waals surface area contributed by atoms with Crippen LogP contribution in [0.1, 0.15) is 11.1 Å². The first-order valence-electron chi connectivity index (χ1n) is 6.47. The van der Waals surface area contributed by atoms with Crippen molar-refractivity contribution in [3.63, 3.8) is 0 Å². The molecule has 4 nitrogen and oxygen atoms in total. The van der Waals surface area contributed by atoms with Gasteiger partial charge < -0.3 is 4.40 Å². The molecule has 2 heterocycles. The zero-order chi connectivity index (χ0) is 13.9. The van der Waals surface area contributed by atoms with E-state index in [9.17, 15) is 0 Å². The third-order valence-electron chi connectivity index (χ3n) is 3.46. The molecule has 20 heavy (non-hydrogen) atoms. The molecule has 0 aliphatic heterocycles. The molecule has 0 aliphatic carbocycles. The Morgan fingerprint density at radius 1 is 1.15 bits per heavy atom. The second kappa shape index (κ2) is 5.11. The molecule has 0 fully saturated rings. The highest BCUT2D eigenvalue weighted by molar-refractivity contribution is 5.73. The third kappa shape index (κ3) is 2.02. The van der Waals surface area contributed by atoms with Gasteiger partial charge in [-0.25, -0.2) is 0 Å². The summed E-state index contributed by atoms with van der Waals surface area (Å²) in [6, 6.07) is 16.4. The van der Waals surface area contributed by atoms with Crippen molar-refractivity contribution in [2.24, 2.45) is 5.11 Å². The molecule has 98 valence electrons. The number of aromatic nitrogens is 1. The molecule has 0 aliphatic rings. The average molecular weight is 262 g/mol. The van der Waals surface area contributed by atoms with Crippen molar-refractivity contribution >= 4 is 5.52 Å². The molecule has 0 saturated heterocycles. The van der Waals surface area contributed by atoms with E-state index in [0.29, 0.717) is 6.54 Å². The molecule has 0 bridgehead atoms. The molecular formula is C16H14N4. The summed E-state index contributed by atoms with van der Waals surface area (Å²) in [6.45, 7) is 2.46. The number of pyridine rings is 1. The maximum atomic E-state index is 8.57. The van der Waals surface area contributed by atoms with Crippen molar-refractivity contribution in [1.29, 1.82) is 0 Å². The van der Waals surface area contributed by atoms with Crippen LogP contribution in [0.4, 0.5) is 0 Å². The number of fused-ring (bicyclic) bond motifs is 1. The van der Waals surface area contributed by atoms with Gasteiger partial charge in [0.05, 0.1) is 12.2 Å². The average Bonchev–Trinajstić information content (AvgIpc) is 2.84. The van der Waals surface area contributed by atoms with Crippen LogP contribution in [0.25, 0.3) is 27.2 Å². The van der Waals surface area contributed by atoms with Crippen molar-refractivity contribution < 1.29 is 0 Å². The number of benzene rings is 1. The SMILES string of the molecule is Cc1ccccc1-c1c(CN=[N+]=[N-])cc2ccccn12. The standard InChI is InChI=1S/C16H14N4/c1-12-6-2-3-8-15(12)16-13(11-18-19-17)10-14-7-4-5-9-20(14)16/h2-10H,11H2,1H3. The predicted molar refractivity (Wildman–Crippen MR) is 80.4 cm³/mol. The fourth-order valence-electron chi connectivity index (χ4n) is 2.55. The minimum Gasteiger partial charge on any atom is -0.316 e. The van der Waals surface area contributed by atoms with E-state index in [-0.39, 0.29) is 0 Å². The topological polar surface area (TPSA) is 53.2 Å². The number of aryl methyl sites for hydroxylation is 1. The third-order valence-corrected chi connectivity index (χ3v) is 3.46. The van der Waals surface area contributed by atoms with Crippen LogP contribution in [0.2, 0.25) is 0 Å². The van der Waals surface area contributed by atoms with Crippen molar-refractivity contribution in [2.75, 3.05) is 0 Å². The van der Waals surface area contributed by atoms with Gasteiger partial charge in [-0.05, 0) is 41.8 Å². The maximum absolute atomic E-state index is 8.57. The Morgan fingerprint density at radius 2 is 1.95 bits per heavy atom. The van der Waals surface area contributed by atoms with Crippen molar-refractivity contribution in [2.45, 2.75) is 13.5 Å². The van der Waals surface area contributed by atoms with Gasteiger partial charge in [0.2, 0.25) is 0 Å². The molecule has 1 aromatic carbocycles. The molecule has 3 rings (SSSR count). The Labute approximate surface area is 116 Å². The van der Waals surface area contributed by atoms with E-state index in [1.54, 1.807) is 0 Å². The van der Waals surface area contributed by atoms with E-state index in [2.05, 4.69) is 45.6 Å². The number of nitrogens with zero attached hydrogens (tertiary/aromatic N) is 4. The second-order valence-electron chi connectivity index (χ2n) is 4.72. The van der Waals surface area contributed by atoms with E-state index in [1.807, 2.05) is 30.5 Å². The lowest BCUT2D eigenvalue weighted by Gasteiger charge is -2.09. The second-order valence-corrected chi connectivity index (χ2v) is 4.72. The van der Waals surface area contributed by atoms with Gasteiger partial charge in [-0.1, -0.05) is 35.4 Å². The largest absolute Gasteiger partial charge is 0.316 e. The smallest absolute Gasteiger partial charge is 0.0564 e. The summed E-state index contributed by atoms with van der Waals surface area (Å²) < 4.78 is 2.14. The Balaban J connectivity index is 2.31. The summed E-state index contributed by atoms with van der Waals surface area (Å²) in [6.07, 6.45) is 2.04. The van der Waals surface area contributed by atoms with Crippen LogP contribution < -0.4 is 0 Å². The minimum atomic E-state index is 0.363. The molecule has 4 heteroatoms. The molecule has 3 aromatic rings. The molecule has 0 atom stereocenters. The summed E-state index contributed by atoms with van der Waals surface area (Å²) >= 11 is 0. The zero-order valence-corrected chi connectivity index (χ0v) is 11.2. The number of rotatable bonds is 3. The summed E-state index contributed by atoms with van der Waals surface area (Å²) in [7, 11) is 0. The number of azide groups is 1. The Morgan fingerprint density at radius 3 is 2.75 bits per heavy atom. The van der Waals surface area contributed by atoms with Gasteiger partial charge in [0.25, 0.3) is 0 Å². The molecule has 0 saturated carbocycles. The van der Waals surface area contributed by atoms with Gasteiger partial charge in [0, 0.05) is 22.2 Å². The highest BCUT2D eigenvalue weighted by Crippen LogP contribution is 2.30. The zero-order valence-electron chi connectivity index (χ0n) is 11.2. The molecule has 0 amide bonds. The monoisotopic (exact) mass is 262 g/mol. The van der Waals surface area contributed by atoms with Crippen molar-refractivity contribution in [1.82, 2.24) is 4.40 Å². The number of hydrogen-bond donors (Lipinski definition) is 0. The molecule has 0 unspecified atom stereocenters. The van der Waals surface area contributed by atoms with E-state index in [1.165, 1.54) is 11.1 Å². The molecule has 0 spiro atoms. The normalized spacial score (nSPS) is 10.4. The van der Waals surface area contributed by atoms with Crippen LogP contribution >= 0.6 is 0 Å². The molecule has 0 N–H and O–H groups in total. The molecular weight excluding hydrogens is 248 g/mol. The summed E-state index contributed by atoms with van der Waals surface area (Å²) in [4.78, 5) is 2.87. The predicted octanol–water partition coefficient (Wildman–Crippen LogP) is 4.73. The Bertz CT molecular complexity index is 810. The lowest BCUT2D eigenvalue weighted by Crippen LogP contribution is -1.92. The van der Waals surface area contributed by atoms with Crippen LogP contribution in [0.5, 0.6) is 0 Å². The lowest BCUT2D eigenvalue weighted by atomic mass is 10.0. The van der Waals surface area contributed by atoms with Crippen molar-refractivity contribution in [3.05, 3.63) is 76.3 Å². The van der Waals surface area contributed by atoms with Crippen LogP contribution in [0.15, 0.2) is 59.8 Å². The highest BCUT2D eigenvalue weighted by atomic mass is 15.1. The van der Waals surface area contributed by atoms with Gasteiger partial charge in [0.1, 0.15) is 0 Å². The maximum Gasteiger partial charge on any atom is 0.0564 e. The van der Waals surface area contributed by atoms with Crippen LogP contribution in [-0.4, -0.2) is 4.40 Å².